The van der Waals surface area contributed by atoms with E-state index in [1.807, 2.05) is 6.07 Å². The monoisotopic (exact) mass is 308 g/mol. The maximum Gasteiger partial charge on any atom is 0.122 e. The first-order valence-corrected chi connectivity index (χ1v) is 8.61. The highest BCUT2D eigenvalue weighted by Crippen LogP contribution is 2.48. The van der Waals surface area contributed by atoms with Gasteiger partial charge in [0.25, 0.3) is 0 Å². The van der Waals surface area contributed by atoms with Gasteiger partial charge in [0.2, 0.25) is 0 Å². The Hall–Kier alpha value is -0.690. The maximum absolute atomic E-state index is 6.40. The molecular weight excluding hydrogens is 280 g/mol. The smallest absolute Gasteiger partial charge is 0.122 e. The summed E-state index contributed by atoms with van der Waals surface area (Å²) in [5, 5.41) is 0. The second kappa shape index (κ2) is 6.60. The minimum absolute atomic E-state index is 0.248. The van der Waals surface area contributed by atoms with Gasteiger partial charge in [-0.3, -0.25) is 0 Å². The lowest BCUT2D eigenvalue weighted by Gasteiger charge is -2.43. The molecule has 0 aromatic heterocycles. The zero-order chi connectivity index (χ0) is 15.5. The number of alkyl halides is 1. The first kappa shape index (κ1) is 16.7. The molecule has 118 valence electrons. The van der Waals surface area contributed by atoms with Crippen molar-refractivity contribution in [1.82, 2.24) is 0 Å². The SMILES string of the molecule is COc1ccccc1CC1(CCl)CCC(C(C)(C)C)CC1. The Morgan fingerprint density at radius 2 is 1.81 bits per heavy atom. The molecule has 1 aromatic rings. The van der Waals surface area contributed by atoms with Crippen molar-refractivity contribution in [2.24, 2.45) is 16.7 Å². The Balaban J connectivity index is 2.10. The third-order valence-corrected chi connectivity index (χ3v) is 5.88. The third-order valence-electron chi connectivity index (χ3n) is 5.31. The number of hydrogen-bond acceptors (Lipinski definition) is 1. The molecule has 21 heavy (non-hydrogen) atoms. The second-order valence-electron chi connectivity index (χ2n) is 7.76. The van der Waals surface area contributed by atoms with Gasteiger partial charge in [0.05, 0.1) is 7.11 Å². The molecule has 0 saturated heterocycles. The average molecular weight is 309 g/mol. The summed E-state index contributed by atoms with van der Waals surface area (Å²) in [6.07, 6.45) is 6.10. The lowest BCUT2D eigenvalue weighted by molar-refractivity contribution is 0.101. The van der Waals surface area contributed by atoms with Crippen LogP contribution in [-0.2, 0) is 6.42 Å². The minimum atomic E-state index is 0.248. The van der Waals surface area contributed by atoms with Gasteiger partial charge in [0, 0.05) is 5.88 Å². The summed E-state index contributed by atoms with van der Waals surface area (Å²) in [7, 11) is 1.75. The van der Waals surface area contributed by atoms with Crippen LogP contribution in [0.2, 0.25) is 0 Å². The van der Waals surface area contributed by atoms with E-state index in [0.717, 1.165) is 24.0 Å². The summed E-state index contributed by atoms with van der Waals surface area (Å²) < 4.78 is 5.51. The summed E-state index contributed by atoms with van der Waals surface area (Å²) in [5.74, 6) is 2.58. The molecule has 1 aliphatic carbocycles. The van der Waals surface area contributed by atoms with Crippen LogP contribution < -0.4 is 4.74 Å². The normalized spacial score (nSPS) is 26.6. The predicted octanol–water partition coefficient (Wildman–Crippen LogP) is 5.70. The summed E-state index contributed by atoms with van der Waals surface area (Å²) in [5.41, 5.74) is 1.97. The minimum Gasteiger partial charge on any atom is -0.496 e. The molecule has 0 unspecified atom stereocenters. The molecule has 1 saturated carbocycles. The van der Waals surface area contributed by atoms with Crippen LogP contribution in [0.3, 0.4) is 0 Å². The van der Waals surface area contributed by atoms with Crippen LogP contribution in [0.1, 0.15) is 52.0 Å². The fourth-order valence-electron chi connectivity index (χ4n) is 3.71. The summed E-state index contributed by atoms with van der Waals surface area (Å²) in [6, 6.07) is 8.37. The Bertz CT molecular complexity index is 453. The number of halogens is 1. The van der Waals surface area contributed by atoms with Gasteiger partial charge >= 0.3 is 0 Å². The molecule has 1 aliphatic rings. The first-order valence-electron chi connectivity index (χ1n) is 8.08. The molecule has 0 bridgehead atoms. The van der Waals surface area contributed by atoms with Crippen LogP contribution in [0.15, 0.2) is 24.3 Å². The van der Waals surface area contributed by atoms with Crippen molar-refractivity contribution in [3.05, 3.63) is 29.8 Å². The lowest BCUT2D eigenvalue weighted by atomic mass is 9.63. The van der Waals surface area contributed by atoms with Gasteiger partial charge in [-0.2, -0.15) is 0 Å². The Morgan fingerprint density at radius 1 is 1.19 bits per heavy atom. The molecule has 1 fully saturated rings. The van der Waals surface area contributed by atoms with Gasteiger partial charge in [-0.05, 0) is 60.5 Å². The van der Waals surface area contributed by atoms with Crippen LogP contribution in [0.5, 0.6) is 5.75 Å². The number of methoxy groups -OCH3 is 1. The number of rotatable bonds is 4. The summed E-state index contributed by atoms with van der Waals surface area (Å²) >= 11 is 6.40. The van der Waals surface area contributed by atoms with Gasteiger partial charge in [-0.15, -0.1) is 11.6 Å². The predicted molar refractivity (Wildman–Crippen MR) is 91.3 cm³/mol. The van der Waals surface area contributed by atoms with Gasteiger partial charge in [0.1, 0.15) is 5.75 Å². The molecule has 0 atom stereocenters. The number of para-hydroxylation sites is 1. The average Bonchev–Trinajstić information content (AvgIpc) is 2.47. The molecule has 0 aliphatic heterocycles. The molecule has 2 heteroatoms. The van der Waals surface area contributed by atoms with E-state index in [0.29, 0.717) is 5.41 Å². The molecule has 0 amide bonds. The molecule has 1 nitrogen and oxygen atoms in total. The fraction of sp³-hybridized carbons (Fsp3) is 0.684. The van der Waals surface area contributed by atoms with Crippen LogP contribution in [-0.4, -0.2) is 13.0 Å². The number of ether oxygens (including phenoxy) is 1. The summed E-state index contributed by atoms with van der Waals surface area (Å²) in [6.45, 7) is 7.10. The molecule has 2 rings (SSSR count). The van der Waals surface area contributed by atoms with Crippen molar-refractivity contribution in [3.63, 3.8) is 0 Å². The van der Waals surface area contributed by atoms with Crippen molar-refractivity contribution in [3.8, 4) is 5.75 Å². The van der Waals surface area contributed by atoms with Crippen LogP contribution in [0, 0.1) is 16.7 Å². The van der Waals surface area contributed by atoms with Gasteiger partial charge in [0.15, 0.2) is 0 Å². The quantitative estimate of drug-likeness (QED) is 0.648. The highest BCUT2D eigenvalue weighted by molar-refractivity contribution is 6.18. The number of hydrogen-bond donors (Lipinski definition) is 0. The maximum atomic E-state index is 6.40. The first-order chi connectivity index (χ1) is 9.90. The Kier molecular flexibility index (Phi) is 5.24. The van der Waals surface area contributed by atoms with E-state index in [-0.39, 0.29) is 5.41 Å². The zero-order valence-corrected chi connectivity index (χ0v) is 14.7. The van der Waals surface area contributed by atoms with Gasteiger partial charge < -0.3 is 4.74 Å². The van der Waals surface area contributed by atoms with Crippen LogP contribution >= 0.6 is 11.6 Å². The molecular formula is C19H29ClO. The molecule has 1 aromatic carbocycles. The second-order valence-corrected chi connectivity index (χ2v) is 8.03. The van der Waals surface area contributed by atoms with Crippen molar-refractivity contribution in [2.75, 3.05) is 13.0 Å². The lowest BCUT2D eigenvalue weighted by Crippen LogP contribution is -2.35. The van der Waals surface area contributed by atoms with Crippen LogP contribution in [0.25, 0.3) is 0 Å². The van der Waals surface area contributed by atoms with E-state index in [2.05, 4.69) is 39.0 Å². The van der Waals surface area contributed by atoms with E-state index in [1.165, 1.54) is 31.2 Å². The Morgan fingerprint density at radius 3 is 2.33 bits per heavy atom. The standard InChI is InChI=1S/C19H29ClO/c1-18(2,3)16-9-11-19(14-20,12-10-16)13-15-7-5-6-8-17(15)21-4/h5-8,16H,9-14H2,1-4H3. The van der Waals surface area contributed by atoms with E-state index >= 15 is 0 Å². The van der Waals surface area contributed by atoms with Gasteiger partial charge in [-0.1, -0.05) is 39.0 Å². The van der Waals surface area contributed by atoms with E-state index in [1.54, 1.807) is 7.11 Å². The van der Waals surface area contributed by atoms with E-state index in [9.17, 15) is 0 Å². The van der Waals surface area contributed by atoms with Gasteiger partial charge in [-0.25, -0.2) is 0 Å². The van der Waals surface area contributed by atoms with E-state index in [4.69, 9.17) is 16.3 Å². The largest absolute Gasteiger partial charge is 0.496 e. The highest BCUT2D eigenvalue weighted by Gasteiger charge is 2.38. The Labute approximate surface area is 135 Å². The molecule has 0 N–H and O–H groups in total. The van der Waals surface area contributed by atoms with Crippen molar-refractivity contribution >= 4 is 11.6 Å². The third kappa shape index (κ3) is 3.94. The topological polar surface area (TPSA) is 9.23 Å². The summed E-state index contributed by atoms with van der Waals surface area (Å²) in [4.78, 5) is 0. The van der Waals surface area contributed by atoms with Crippen molar-refractivity contribution in [1.29, 1.82) is 0 Å². The van der Waals surface area contributed by atoms with E-state index < -0.39 is 0 Å². The molecule has 0 heterocycles. The fourth-order valence-corrected chi connectivity index (χ4v) is 4.07. The van der Waals surface area contributed by atoms with Crippen molar-refractivity contribution in [2.45, 2.75) is 52.9 Å². The highest BCUT2D eigenvalue weighted by atomic mass is 35.5. The zero-order valence-electron chi connectivity index (χ0n) is 13.9. The molecule has 0 radical (unpaired) electrons. The van der Waals surface area contributed by atoms with Crippen molar-refractivity contribution < 1.29 is 4.74 Å². The molecule has 0 spiro atoms. The van der Waals surface area contributed by atoms with Crippen LogP contribution in [0.4, 0.5) is 0 Å². The number of benzene rings is 1.